The zero-order valence-electron chi connectivity index (χ0n) is 14.2. The smallest absolute Gasteiger partial charge is 0.239 e. The molecule has 0 aromatic carbocycles. The van der Waals surface area contributed by atoms with Crippen LogP contribution < -0.4 is 0 Å². The second-order valence-corrected chi connectivity index (χ2v) is 7.07. The molecule has 0 saturated carbocycles. The number of carbonyl (C=O) groups is 1. The monoisotopic (exact) mass is 317 g/mol. The molecule has 3 rings (SSSR count). The van der Waals surface area contributed by atoms with E-state index in [0.29, 0.717) is 25.9 Å². The van der Waals surface area contributed by atoms with Gasteiger partial charge in [-0.05, 0) is 57.8 Å². The van der Waals surface area contributed by atoms with Crippen LogP contribution in [0, 0.1) is 6.92 Å². The van der Waals surface area contributed by atoms with E-state index < -0.39 is 5.60 Å². The summed E-state index contributed by atoms with van der Waals surface area (Å²) < 4.78 is 0. The molecule has 2 aliphatic heterocycles. The van der Waals surface area contributed by atoms with Gasteiger partial charge in [-0.3, -0.25) is 14.7 Å². The van der Waals surface area contributed by atoms with Gasteiger partial charge in [-0.25, -0.2) is 0 Å². The van der Waals surface area contributed by atoms with Crippen LogP contribution in [0.1, 0.15) is 43.4 Å². The van der Waals surface area contributed by atoms with Crippen molar-refractivity contribution < 1.29 is 9.90 Å². The molecule has 1 aromatic rings. The number of aromatic nitrogens is 1. The van der Waals surface area contributed by atoms with Crippen molar-refractivity contribution in [1.29, 1.82) is 0 Å². The lowest BCUT2D eigenvalue weighted by molar-refractivity contribution is -0.142. The number of pyridine rings is 1. The van der Waals surface area contributed by atoms with Gasteiger partial charge in [-0.15, -0.1) is 0 Å². The lowest BCUT2D eigenvalue weighted by Gasteiger charge is -2.41. The van der Waals surface area contributed by atoms with Crippen molar-refractivity contribution in [2.45, 2.75) is 50.7 Å². The molecule has 0 spiro atoms. The first kappa shape index (κ1) is 16.4. The Morgan fingerprint density at radius 1 is 1.26 bits per heavy atom. The molecule has 0 aliphatic carbocycles. The van der Waals surface area contributed by atoms with Crippen LogP contribution in [0.4, 0.5) is 0 Å². The van der Waals surface area contributed by atoms with Crippen LogP contribution >= 0.6 is 0 Å². The molecule has 23 heavy (non-hydrogen) atoms. The molecule has 3 heterocycles. The Hall–Kier alpha value is -1.46. The standard InChI is InChI=1S/C18H27N3O2/c1-14-6-7-16(19-13-14)18(23)8-11-21(12-9-18)17(22)15-5-3-4-10-20(15)2/h6-7,13,15,23H,3-5,8-12H2,1-2H3/t15-/m1/s1. The average molecular weight is 317 g/mol. The fourth-order valence-corrected chi connectivity index (χ4v) is 3.69. The predicted molar refractivity (Wildman–Crippen MR) is 89.0 cm³/mol. The quantitative estimate of drug-likeness (QED) is 0.902. The van der Waals surface area contributed by atoms with E-state index in [-0.39, 0.29) is 11.9 Å². The molecule has 1 amide bonds. The number of rotatable bonds is 2. The molecule has 5 heteroatoms. The summed E-state index contributed by atoms with van der Waals surface area (Å²) in [6.07, 6.45) is 6.18. The number of carbonyl (C=O) groups excluding carboxylic acids is 1. The van der Waals surface area contributed by atoms with Crippen molar-refractivity contribution in [3.8, 4) is 0 Å². The molecule has 0 unspecified atom stereocenters. The molecule has 5 nitrogen and oxygen atoms in total. The normalized spacial score (nSPS) is 25.3. The van der Waals surface area contributed by atoms with Gasteiger partial charge in [0, 0.05) is 19.3 Å². The minimum absolute atomic E-state index is 0.0208. The van der Waals surface area contributed by atoms with E-state index in [1.807, 2.05) is 31.0 Å². The van der Waals surface area contributed by atoms with E-state index in [1.165, 1.54) is 6.42 Å². The molecule has 2 fully saturated rings. The summed E-state index contributed by atoms with van der Waals surface area (Å²) in [7, 11) is 2.04. The third-order valence-corrected chi connectivity index (χ3v) is 5.35. The summed E-state index contributed by atoms with van der Waals surface area (Å²) in [4.78, 5) is 21.2. The second-order valence-electron chi connectivity index (χ2n) is 7.07. The largest absolute Gasteiger partial charge is 0.383 e. The Kier molecular flexibility index (Phi) is 4.69. The summed E-state index contributed by atoms with van der Waals surface area (Å²) in [6, 6.07) is 3.91. The lowest BCUT2D eigenvalue weighted by Crippen LogP contribution is -2.53. The number of hydrogen-bond acceptors (Lipinski definition) is 4. The summed E-state index contributed by atoms with van der Waals surface area (Å²) in [6.45, 7) is 4.20. The number of amides is 1. The van der Waals surface area contributed by atoms with Gasteiger partial charge in [-0.1, -0.05) is 12.5 Å². The van der Waals surface area contributed by atoms with Crippen LogP contribution in [0.15, 0.2) is 18.3 Å². The van der Waals surface area contributed by atoms with Crippen LogP contribution in [0.3, 0.4) is 0 Å². The maximum atomic E-state index is 12.7. The highest BCUT2D eigenvalue weighted by atomic mass is 16.3. The fourth-order valence-electron chi connectivity index (χ4n) is 3.69. The Labute approximate surface area is 138 Å². The number of hydrogen-bond donors (Lipinski definition) is 1. The zero-order chi connectivity index (χ0) is 16.4. The Morgan fingerprint density at radius 3 is 2.61 bits per heavy atom. The van der Waals surface area contributed by atoms with Gasteiger partial charge in [0.05, 0.1) is 11.7 Å². The SMILES string of the molecule is Cc1ccc(C2(O)CCN(C(=O)[C@H]3CCCCN3C)CC2)nc1. The van der Waals surface area contributed by atoms with Crippen LogP contribution in [-0.2, 0) is 10.4 Å². The molecular formula is C18H27N3O2. The van der Waals surface area contributed by atoms with Gasteiger partial charge in [0.2, 0.25) is 5.91 Å². The summed E-state index contributed by atoms with van der Waals surface area (Å²) >= 11 is 0. The molecule has 2 aliphatic rings. The van der Waals surface area contributed by atoms with E-state index in [9.17, 15) is 9.90 Å². The minimum Gasteiger partial charge on any atom is -0.383 e. The van der Waals surface area contributed by atoms with Crippen LogP contribution in [0.25, 0.3) is 0 Å². The molecule has 1 atom stereocenters. The van der Waals surface area contributed by atoms with E-state index >= 15 is 0 Å². The maximum Gasteiger partial charge on any atom is 0.239 e. The van der Waals surface area contributed by atoms with Gasteiger partial charge < -0.3 is 10.0 Å². The van der Waals surface area contributed by atoms with Gasteiger partial charge in [0.1, 0.15) is 5.60 Å². The van der Waals surface area contributed by atoms with Crippen molar-refractivity contribution in [2.24, 2.45) is 0 Å². The van der Waals surface area contributed by atoms with Crippen molar-refractivity contribution in [1.82, 2.24) is 14.8 Å². The number of nitrogens with zero attached hydrogens (tertiary/aromatic N) is 3. The molecular weight excluding hydrogens is 290 g/mol. The Balaban J connectivity index is 1.63. The summed E-state index contributed by atoms with van der Waals surface area (Å²) in [5.41, 5.74) is 0.915. The van der Waals surface area contributed by atoms with E-state index in [4.69, 9.17) is 0 Å². The summed E-state index contributed by atoms with van der Waals surface area (Å²) in [5, 5.41) is 10.9. The average Bonchev–Trinajstić information content (AvgIpc) is 2.56. The lowest BCUT2D eigenvalue weighted by atomic mass is 9.87. The van der Waals surface area contributed by atoms with Crippen molar-refractivity contribution in [3.05, 3.63) is 29.6 Å². The third kappa shape index (κ3) is 3.40. The van der Waals surface area contributed by atoms with Gasteiger partial charge in [0.25, 0.3) is 0 Å². The van der Waals surface area contributed by atoms with E-state index in [2.05, 4.69) is 9.88 Å². The Morgan fingerprint density at radius 2 is 2.00 bits per heavy atom. The van der Waals surface area contributed by atoms with E-state index in [0.717, 1.165) is 30.6 Å². The van der Waals surface area contributed by atoms with Gasteiger partial charge in [0.15, 0.2) is 0 Å². The molecule has 1 N–H and O–H groups in total. The van der Waals surface area contributed by atoms with Crippen LogP contribution in [0.2, 0.25) is 0 Å². The Bertz CT molecular complexity index is 550. The number of likely N-dealkylation sites (N-methyl/N-ethyl adjacent to an activating group) is 1. The first-order chi connectivity index (χ1) is 11.0. The van der Waals surface area contributed by atoms with Crippen LogP contribution in [0.5, 0.6) is 0 Å². The van der Waals surface area contributed by atoms with Crippen molar-refractivity contribution in [3.63, 3.8) is 0 Å². The minimum atomic E-state index is -0.900. The number of piperidine rings is 2. The van der Waals surface area contributed by atoms with Gasteiger partial charge >= 0.3 is 0 Å². The molecule has 1 aromatic heterocycles. The van der Waals surface area contributed by atoms with Crippen molar-refractivity contribution >= 4 is 5.91 Å². The highest BCUT2D eigenvalue weighted by molar-refractivity contribution is 5.82. The predicted octanol–water partition coefficient (Wildman–Crippen LogP) is 1.68. The molecule has 2 saturated heterocycles. The zero-order valence-corrected chi connectivity index (χ0v) is 14.2. The molecule has 0 bridgehead atoms. The topological polar surface area (TPSA) is 56.7 Å². The second kappa shape index (κ2) is 6.57. The van der Waals surface area contributed by atoms with E-state index in [1.54, 1.807) is 6.20 Å². The number of aliphatic hydroxyl groups is 1. The number of likely N-dealkylation sites (tertiary alicyclic amines) is 2. The molecule has 0 radical (unpaired) electrons. The molecule has 126 valence electrons. The highest BCUT2D eigenvalue weighted by Gasteiger charge is 2.38. The fraction of sp³-hybridized carbons (Fsp3) is 0.667. The third-order valence-electron chi connectivity index (χ3n) is 5.35. The first-order valence-corrected chi connectivity index (χ1v) is 8.64. The maximum absolute atomic E-state index is 12.7. The number of aryl methyl sites for hydroxylation is 1. The van der Waals surface area contributed by atoms with Crippen molar-refractivity contribution in [2.75, 3.05) is 26.7 Å². The summed E-state index contributed by atoms with van der Waals surface area (Å²) in [5.74, 6) is 0.228. The first-order valence-electron chi connectivity index (χ1n) is 8.64. The highest BCUT2D eigenvalue weighted by Crippen LogP contribution is 2.32. The van der Waals surface area contributed by atoms with Gasteiger partial charge in [-0.2, -0.15) is 0 Å². The van der Waals surface area contributed by atoms with Crippen LogP contribution in [-0.4, -0.2) is 58.5 Å².